The fraction of sp³-hybridized carbons (Fsp3) is 0.364. The average molecular weight is 437 g/mol. The molecule has 0 spiro atoms. The van der Waals surface area contributed by atoms with Gasteiger partial charge in [0.05, 0.1) is 11.1 Å². The molecular formula is C22H24N6S2. The third-order valence-corrected chi connectivity index (χ3v) is 7.89. The second-order valence-corrected chi connectivity index (χ2v) is 9.76. The molecule has 0 saturated carbocycles. The Kier molecular flexibility index (Phi) is 5.20. The van der Waals surface area contributed by atoms with E-state index in [1.807, 2.05) is 23.7 Å². The molecule has 3 aromatic heterocycles. The van der Waals surface area contributed by atoms with Crippen molar-refractivity contribution < 1.29 is 0 Å². The molecule has 0 radical (unpaired) electrons. The van der Waals surface area contributed by atoms with Crippen LogP contribution in [0.25, 0.3) is 21.6 Å². The van der Waals surface area contributed by atoms with Gasteiger partial charge in [-0.25, -0.2) is 9.97 Å². The van der Waals surface area contributed by atoms with Crippen LogP contribution in [0.4, 0.5) is 5.82 Å². The molecule has 6 nitrogen and oxygen atoms in total. The van der Waals surface area contributed by atoms with Gasteiger partial charge in [0.2, 0.25) is 0 Å². The fourth-order valence-electron chi connectivity index (χ4n) is 4.10. The number of fused-ring (bicyclic) bond motifs is 3. The smallest absolute Gasteiger partial charge is 0.191 e. The van der Waals surface area contributed by atoms with Gasteiger partial charge in [0.15, 0.2) is 11.0 Å². The van der Waals surface area contributed by atoms with Crippen LogP contribution in [0.5, 0.6) is 0 Å². The first-order valence-electron chi connectivity index (χ1n) is 10.3. The number of aromatic nitrogens is 5. The molecule has 4 aromatic rings. The van der Waals surface area contributed by atoms with Gasteiger partial charge in [-0.2, -0.15) is 0 Å². The van der Waals surface area contributed by atoms with Crippen LogP contribution >= 0.6 is 23.1 Å². The molecule has 0 aliphatic heterocycles. The predicted octanol–water partition coefficient (Wildman–Crippen LogP) is 4.94. The molecule has 5 rings (SSSR count). The molecule has 0 saturated heterocycles. The minimum atomic E-state index is 0.614. The highest BCUT2D eigenvalue weighted by atomic mass is 32.2. The van der Waals surface area contributed by atoms with Crippen molar-refractivity contribution in [2.45, 2.75) is 49.9 Å². The Hall–Kier alpha value is -2.45. The number of rotatable bonds is 4. The summed E-state index contributed by atoms with van der Waals surface area (Å²) < 4.78 is 2.03. The Morgan fingerprint density at radius 2 is 1.93 bits per heavy atom. The van der Waals surface area contributed by atoms with Crippen LogP contribution in [0.3, 0.4) is 0 Å². The van der Waals surface area contributed by atoms with Crippen LogP contribution in [0.1, 0.15) is 41.1 Å². The lowest BCUT2D eigenvalue weighted by Gasteiger charge is -2.07. The van der Waals surface area contributed by atoms with E-state index in [1.54, 1.807) is 23.1 Å². The summed E-state index contributed by atoms with van der Waals surface area (Å²) in [5.74, 6) is 2.85. The maximum atomic E-state index is 6.39. The van der Waals surface area contributed by atoms with Crippen LogP contribution in [-0.2, 0) is 25.6 Å². The normalized spacial score (nSPS) is 14.1. The minimum Gasteiger partial charge on any atom is -0.383 e. The summed E-state index contributed by atoms with van der Waals surface area (Å²) in [4.78, 5) is 12.0. The molecule has 8 heteroatoms. The van der Waals surface area contributed by atoms with Crippen molar-refractivity contribution in [3.63, 3.8) is 0 Å². The first-order chi connectivity index (χ1) is 14.6. The lowest BCUT2D eigenvalue weighted by Crippen LogP contribution is -2.01. The summed E-state index contributed by atoms with van der Waals surface area (Å²) in [5.41, 5.74) is 10.1. The van der Waals surface area contributed by atoms with Gasteiger partial charge >= 0.3 is 0 Å². The van der Waals surface area contributed by atoms with Crippen molar-refractivity contribution >= 4 is 39.1 Å². The number of hydrogen-bond donors (Lipinski definition) is 1. The minimum absolute atomic E-state index is 0.614. The lowest BCUT2D eigenvalue weighted by molar-refractivity contribution is 0.713. The summed E-state index contributed by atoms with van der Waals surface area (Å²) >= 11 is 3.39. The molecule has 3 heterocycles. The van der Waals surface area contributed by atoms with Crippen LogP contribution in [0.15, 0.2) is 29.4 Å². The van der Waals surface area contributed by atoms with Crippen LogP contribution in [-0.4, -0.2) is 24.7 Å². The van der Waals surface area contributed by atoms with Gasteiger partial charge in [-0.3, -0.25) is 0 Å². The molecule has 0 bridgehead atoms. The molecule has 0 unspecified atom stereocenters. The highest BCUT2D eigenvalue weighted by Gasteiger charge is 2.20. The third-order valence-electron chi connectivity index (χ3n) is 5.69. The monoisotopic (exact) mass is 436 g/mol. The van der Waals surface area contributed by atoms with E-state index in [1.165, 1.54) is 35.3 Å². The standard InChI is InChI=1S/C22H24N6S2/c1-13-8-6-7-9-14(13)20-26-27-22(28(20)2)29-12-17-24-19(23)18-15-10-4-3-5-11-16(15)30-21(18)25-17/h6-9H,3-5,10-12H2,1-2H3,(H2,23,24,25). The largest absolute Gasteiger partial charge is 0.383 e. The SMILES string of the molecule is Cc1ccccc1-c1nnc(SCc2nc(N)c3c4c(sc3n2)CCCCC4)n1C. The van der Waals surface area contributed by atoms with E-state index in [9.17, 15) is 0 Å². The Balaban J connectivity index is 1.40. The molecule has 1 aromatic carbocycles. The van der Waals surface area contributed by atoms with E-state index in [0.29, 0.717) is 11.6 Å². The van der Waals surface area contributed by atoms with Gasteiger partial charge < -0.3 is 10.3 Å². The quantitative estimate of drug-likeness (QED) is 0.360. The van der Waals surface area contributed by atoms with Crippen molar-refractivity contribution in [1.82, 2.24) is 24.7 Å². The maximum Gasteiger partial charge on any atom is 0.191 e. The second kappa shape index (κ2) is 8.00. The number of nitrogen functional groups attached to an aromatic ring is 1. The van der Waals surface area contributed by atoms with Gasteiger partial charge in [-0.1, -0.05) is 42.4 Å². The average Bonchev–Trinajstić information content (AvgIpc) is 3.18. The highest BCUT2D eigenvalue weighted by Crippen LogP contribution is 2.37. The van der Waals surface area contributed by atoms with E-state index in [2.05, 4.69) is 34.2 Å². The number of thioether (sulfide) groups is 1. The number of aryl methyl sites for hydroxylation is 3. The summed E-state index contributed by atoms with van der Waals surface area (Å²) in [7, 11) is 2.00. The van der Waals surface area contributed by atoms with E-state index in [0.717, 1.165) is 45.4 Å². The Morgan fingerprint density at radius 3 is 2.80 bits per heavy atom. The molecule has 0 fully saturated rings. The van der Waals surface area contributed by atoms with Gasteiger partial charge in [-0.15, -0.1) is 21.5 Å². The first-order valence-corrected chi connectivity index (χ1v) is 12.1. The zero-order chi connectivity index (χ0) is 20.7. The maximum absolute atomic E-state index is 6.39. The lowest BCUT2D eigenvalue weighted by atomic mass is 10.1. The molecular weight excluding hydrogens is 412 g/mol. The zero-order valence-corrected chi connectivity index (χ0v) is 18.8. The fourth-order valence-corrected chi connectivity index (χ4v) is 6.15. The highest BCUT2D eigenvalue weighted by molar-refractivity contribution is 7.98. The van der Waals surface area contributed by atoms with Crippen molar-refractivity contribution in [2.24, 2.45) is 7.05 Å². The van der Waals surface area contributed by atoms with Crippen molar-refractivity contribution in [3.8, 4) is 11.4 Å². The summed E-state index contributed by atoms with van der Waals surface area (Å²) in [6, 6.07) is 8.22. The van der Waals surface area contributed by atoms with Gasteiger partial charge in [-0.05, 0) is 43.7 Å². The molecule has 0 amide bonds. The number of benzene rings is 1. The molecule has 1 aliphatic rings. The Labute approximate surface area is 184 Å². The first kappa shape index (κ1) is 19.5. The van der Waals surface area contributed by atoms with Gasteiger partial charge in [0.25, 0.3) is 0 Å². The predicted molar refractivity (Wildman–Crippen MR) is 124 cm³/mol. The van der Waals surface area contributed by atoms with E-state index < -0.39 is 0 Å². The Morgan fingerprint density at radius 1 is 1.10 bits per heavy atom. The summed E-state index contributed by atoms with van der Waals surface area (Å²) in [6.07, 6.45) is 6.01. The van der Waals surface area contributed by atoms with Gasteiger partial charge in [0.1, 0.15) is 16.5 Å². The number of hydrogen-bond acceptors (Lipinski definition) is 7. The van der Waals surface area contributed by atoms with Crippen molar-refractivity contribution in [2.75, 3.05) is 5.73 Å². The summed E-state index contributed by atoms with van der Waals surface area (Å²) in [6.45, 7) is 2.09. The Bertz CT molecular complexity index is 1230. The number of nitrogens with zero attached hydrogens (tertiary/aromatic N) is 5. The van der Waals surface area contributed by atoms with Crippen LogP contribution < -0.4 is 5.73 Å². The number of thiophene rings is 1. The molecule has 0 atom stereocenters. The van der Waals surface area contributed by atoms with Crippen molar-refractivity contribution in [3.05, 3.63) is 46.1 Å². The van der Waals surface area contributed by atoms with E-state index >= 15 is 0 Å². The number of nitrogens with two attached hydrogens (primary N) is 1. The topological polar surface area (TPSA) is 82.5 Å². The third kappa shape index (κ3) is 3.48. The molecule has 154 valence electrons. The van der Waals surface area contributed by atoms with Crippen LogP contribution in [0, 0.1) is 6.92 Å². The molecule has 30 heavy (non-hydrogen) atoms. The van der Waals surface area contributed by atoms with Crippen molar-refractivity contribution in [1.29, 1.82) is 0 Å². The molecule has 2 N–H and O–H groups in total. The van der Waals surface area contributed by atoms with E-state index in [-0.39, 0.29) is 0 Å². The van der Waals surface area contributed by atoms with Crippen LogP contribution in [0.2, 0.25) is 0 Å². The second-order valence-electron chi connectivity index (χ2n) is 7.74. The molecule has 1 aliphatic carbocycles. The van der Waals surface area contributed by atoms with Gasteiger partial charge in [0, 0.05) is 17.5 Å². The van der Waals surface area contributed by atoms with E-state index in [4.69, 9.17) is 10.7 Å². The summed E-state index contributed by atoms with van der Waals surface area (Å²) in [5, 5.41) is 10.7. The number of anilines is 1. The zero-order valence-electron chi connectivity index (χ0n) is 17.2.